The molecular formula is C9H11BF3N2O2S-. The van der Waals surface area contributed by atoms with E-state index in [9.17, 15) is 21.4 Å². The fourth-order valence-electron chi connectivity index (χ4n) is 1.90. The molecule has 18 heavy (non-hydrogen) atoms. The van der Waals surface area contributed by atoms with Crippen LogP contribution in [0.2, 0.25) is 0 Å². The Balaban J connectivity index is 2.55. The van der Waals surface area contributed by atoms with Crippen LogP contribution in [0.1, 0.15) is 5.56 Å². The molecule has 4 nitrogen and oxygen atoms in total. The predicted octanol–water partition coefficient (Wildman–Crippen LogP) is 0.867. The fraction of sp³-hybridized carbons (Fsp3) is 0.333. The van der Waals surface area contributed by atoms with Crippen molar-refractivity contribution in [2.24, 2.45) is 0 Å². The van der Waals surface area contributed by atoms with Crippen molar-refractivity contribution in [3.05, 3.63) is 23.8 Å². The van der Waals surface area contributed by atoms with Gasteiger partial charge in [-0.05, 0) is 11.6 Å². The van der Waals surface area contributed by atoms with Crippen molar-refractivity contribution in [3.63, 3.8) is 0 Å². The molecule has 1 aromatic carbocycles. The van der Waals surface area contributed by atoms with E-state index in [0.29, 0.717) is 5.56 Å². The highest BCUT2D eigenvalue weighted by atomic mass is 32.2. The minimum Gasteiger partial charge on any atom is -0.445 e. The summed E-state index contributed by atoms with van der Waals surface area (Å²) in [7, 11) is -0.956. The molecular weight excluding hydrogens is 268 g/mol. The summed E-state index contributed by atoms with van der Waals surface area (Å²) < 4.78 is 63.4. The predicted molar refractivity (Wildman–Crippen MR) is 63.9 cm³/mol. The SMILES string of the molecule is CN1Cc2cc([B-](F)(F)F)ccc2N(C)S1(=O)=O. The van der Waals surface area contributed by atoms with E-state index in [1.54, 1.807) is 0 Å². The molecule has 0 aliphatic carbocycles. The summed E-state index contributed by atoms with van der Waals surface area (Å²) >= 11 is 0. The molecule has 1 aliphatic rings. The zero-order chi connectivity index (χ0) is 13.7. The molecule has 0 bridgehead atoms. The zero-order valence-electron chi connectivity index (χ0n) is 9.77. The molecule has 0 atom stereocenters. The van der Waals surface area contributed by atoms with E-state index in [0.717, 1.165) is 20.7 Å². The van der Waals surface area contributed by atoms with E-state index in [1.807, 2.05) is 0 Å². The first-order valence-corrected chi connectivity index (χ1v) is 6.56. The Morgan fingerprint density at radius 1 is 1.22 bits per heavy atom. The third kappa shape index (κ3) is 1.97. The first-order valence-electron chi connectivity index (χ1n) is 5.17. The molecule has 0 aromatic heterocycles. The minimum absolute atomic E-state index is 0.0536. The van der Waals surface area contributed by atoms with Crippen molar-refractivity contribution >= 4 is 28.3 Å². The first kappa shape index (κ1) is 13.2. The molecule has 0 saturated carbocycles. The second-order valence-electron chi connectivity index (χ2n) is 4.19. The largest absolute Gasteiger partial charge is 0.509 e. The molecule has 1 aliphatic heterocycles. The molecule has 0 N–H and O–H groups in total. The molecule has 0 amide bonds. The van der Waals surface area contributed by atoms with Gasteiger partial charge in [0.2, 0.25) is 0 Å². The van der Waals surface area contributed by atoms with Gasteiger partial charge in [0.05, 0.1) is 5.69 Å². The molecule has 1 aromatic rings. The third-order valence-electron chi connectivity index (χ3n) is 2.95. The van der Waals surface area contributed by atoms with Crippen molar-refractivity contribution in [2.75, 3.05) is 18.4 Å². The van der Waals surface area contributed by atoms with Crippen LogP contribution in [0.5, 0.6) is 0 Å². The Labute approximate surface area is 103 Å². The number of hydrogen-bond acceptors (Lipinski definition) is 2. The van der Waals surface area contributed by atoms with Crippen LogP contribution in [-0.2, 0) is 16.8 Å². The number of halogens is 3. The molecule has 2 rings (SSSR count). The van der Waals surface area contributed by atoms with Crippen LogP contribution in [0.3, 0.4) is 0 Å². The van der Waals surface area contributed by atoms with Crippen molar-refractivity contribution in [1.29, 1.82) is 0 Å². The highest BCUT2D eigenvalue weighted by Crippen LogP contribution is 2.29. The molecule has 100 valence electrons. The van der Waals surface area contributed by atoms with Gasteiger partial charge in [-0.1, -0.05) is 12.1 Å². The highest BCUT2D eigenvalue weighted by Gasteiger charge is 2.33. The van der Waals surface area contributed by atoms with E-state index < -0.39 is 22.6 Å². The van der Waals surface area contributed by atoms with Gasteiger partial charge < -0.3 is 12.9 Å². The van der Waals surface area contributed by atoms with Crippen molar-refractivity contribution in [3.8, 4) is 0 Å². The lowest BCUT2D eigenvalue weighted by Gasteiger charge is -2.34. The van der Waals surface area contributed by atoms with Crippen LogP contribution in [0.15, 0.2) is 18.2 Å². The van der Waals surface area contributed by atoms with Gasteiger partial charge in [0, 0.05) is 20.6 Å². The van der Waals surface area contributed by atoms with Crippen molar-refractivity contribution < 1.29 is 21.4 Å². The van der Waals surface area contributed by atoms with E-state index in [-0.39, 0.29) is 12.2 Å². The van der Waals surface area contributed by atoms with E-state index >= 15 is 0 Å². The van der Waals surface area contributed by atoms with E-state index in [2.05, 4.69) is 0 Å². The molecule has 9 heteroatoms. The smallest absolute Gasteiger partial charge is 0.445 e. The van der Waals surface area contributed by atoms with Crippen LogP contribution in [0.25, 0.3) is 0 Å². The lowest BCUT2D eigenvalue weighted by molar-refractivity contribution is 0.457. The molecule has 0 fully saturated rings. The fourth-order valence-corrected chi connectivity index (χ4v) is 3.04. The summed E-state index contributed by atoms with van der Waals surface area (Å²) in [4.78, 5) is 0. The summed E-state index contributed by atoms with van der Waals surface area (Å²) in [6.07, 6.45) is 0. The van der Waals surface area contributed by atoms with Gasteiger partial charge >= 0.3 is 17.2 Å². The van der Waals surface area contributed by atoms with Gasteiger partial charge in [-0.25, -0.2) is 0 Å². The third-order valence-corrected chi connectivity index (χ3v) is 4.76. The average molecular weight is 279 g/mol. The van der Waals surface area contributed by atoms with Crippen LogP contribution in [-0.4, -0.2) is 33.8 Å². The van der Waals surface area contributed by atoms with E-state index in [1.165, 1.54) is 20.2 Å². The van der Waals surface area contributed by atoms with Crippen LogP contribution in [0.4, 0.5) is 18.6 Å². The minimum atomic E-state index is -5.07. The van der Waals surface area contributed by atoms with Crippen molar-refractivity contribution in [1.82, 2.24) is 4.31 Å². The van der Waals surface area contributed by atoms with Gasteiger partial charge in [0.25, 0.3) is 0 Å². The van der Waals surface area contributed by atoms with Gasteiger partial charge in [0.1, 0.15) is 0 Å². The molecule has 0 spiro atoms. The molecule has 1 heterocycles. The topological polar surface area (TPSA) is 40.6 Å². The van der Waals surface area contributed by atoms with Gasteiger partial charge in [-0.3, -0.25) is 4.31 Å². The van der Waals surface area contributed by atoms with Crippen molar-refractivity contribution in [2.45, 2.75) is 6.54 Å². The molecule has 0 unspecified atom stereocenters. The van der Waals surface area contributed by atoms with Crippen LogP contribution >= 0.6 is 0 Å². The normalized spacial score (nSPS) is 19.7. The maximum atomic E-state index is 12.6. The summed E-state index contributed by atoms with van der Waals surface area (Å²) in [6, 6.07) is 3.12. The van der Waals surface area contributed by atoms with Gasteiger partial charge in [-0.2, -0.15) is 12.7 Å². The number of benzene rings is 1. The lowest BCUT2D eigenvalue weighted by atomic mass is 9.79. The first-order chi connectivity index (χ1) is 8.14. The second kappa shape index (κ2) is 3.89. The number of hydrogen-bond donors (Lipinski definition) is 0. The van der Waals surface area contributed by atoms with Crippen LogP contribution < -0.4 is 9.77 Å². The number of anilines is 1. The van der Waals surface area contributed by atoms with Gasteiger partial charge in [0.15, 0.2) is 0 Å². The summed E-state index contributed by atoms with van der Waals surface area (Å²) in [5.74, 6) is 0. The Morgan fingerprint density at radius 3 is 2.39 bits per heavy atom. The number of nitrogens with zero attached hydrogens (tertiary/aromatic N) is 2. The van der Waals surface area contributed by atoms with Crippen LogP contribution in [0, 0.1) is 0 Å². The highest BCUT2D eigenvalue weighted by molar-refractivity contribution is 7.90. The van der Waals surface area contributed by atoms with Gasteiger partial charge in [-0.15, -0.1) is 5.46 Å². The maximum absolute atomic E-state index is 12.6. The van der Waals surface area contributed by atoms with E-state index in [4.69, 9.17) is 0 Å². The monoisotopic (exact) mass is 279 g/mol. The Bertz CT molecular complexity index is 588. The Hall–Kier alpha value is -1.22. The number of fused-ring (bicyclic) bond motifs is 1. The number of rotatable bonds is 1. The summed E-state index contributed by atoms with van der Waals surface area (Å²) in [5, 5.41) is 0. The standard InChI is InChI=1S/C9H11BF3N2O2S/c1-14-6-7-5-8(10(11,12)13)3-4-9(7)15(2)18(14,16)17/h3-5H,6H2,1-2H3/q-1. The summed E-state index contributed by atoms with van der Waals surface area (Å²) in [6.45, 7) is -5.13. The quantitative estimate of drug-likeness (QED) is 0.716. The maximum Gasteiger partial charge on any atom is 0.509 e. The Kier molecular flexibility index (Phi) is 2.86. The zero-order valence-corrected chi connectivity index (χ0v) is 10.6. The summed E-state index contributed by atoms with van der Waals surface area (Å²) in [5.41, 5.74) is -0.0710. The molecule has 0 saturated heterocycles. The second-order valence-corrected chi connectivity index (χ2v) is 6.26. The Morgan fingerprint density at radius 2 is 1.83 bits per heavy atom. The average Bonchev–Trinajstić information content (AvgIpc) is 2.25. The molecule has 0 radical (unpaired) electrons. The lowest BCUT2D eigenvalue weighted by Crippen LogP contribution is -2.44.